The first-order valence-electron chi connectivity index (χ1n) is 6.44. The lowest BCUT2D eigenvalue weighted by Crippen LogP contribution is -2.19. The molecule has 0 amide bonds. The summed E-state index contributed by atoms with van der Waals surface area (Å²) in [7, 11) is 1.64. The molecule has 4 nitrogen and oxygen atoms in total. The lowest BCUT2D eigenvalue weighted by molar-refractivity contribution is 0.395. The van der Waals surface area contributed by atoms with Crippen LogP contribution in [0, 0.1) is 6.92 Å². The van der Waals surface area contributed by atoms with E-state index in [9.17, 15) is 0 Å². The molecule has 1 aromatic heterocycles. The SMILES string of the molecule is COc1cc(NC2CCCCCC2)nc(C)n1. The van der Waals surface area contributed by atoms with E-state index in [0.717, 1.165) is 11.6 Å². The van der Waals surface area contributed by atoms with Gasteiger partial charge in [-0.15, -0.1) is 0 Å². The highest BCUT2D eigenvalue weighted by Gasteiger charge is 2.13. The van der Waals surface area contributed by atoms with Gasteiger partial charge >= 0.3 is 0 Å². The molecule has 0 aromatic carbocycles. The molecule has 1 aliphatic carbocycles. The van der Waals surface area contributed by atoms with E-state index >= 15 is 0 Å². The molecule has 1 heterocycles. The molecule has 4 heteroatoms. The lowest BCUT2D eigenvalue weighted by Gasteiger charge is -2.17. The van der Waals surface area contributed by atoms with Gasteiger partial charge in [-0.2, -0.15) is 4.98 Å². The van der Waals surface area contributed by atoms with Crippen molar-refractivity contribution in [3.63, 3.8) is 0 Å². The standard InChI is InChI=1S/C13H21N3O/c1-10-14-12(9-13(15-10)17-2)16-11-7-5-3-4-6-8-11/h9,11H,3-8H2,1-2H3,(H,14,15,16). The summed E-state index contributed by atoms with van der Waals surface area (Å²) in [4.78, 5) is 8.59. The molecule has 17 heavy (non-hydrogen) atoms. The summed E-state index contributed by atoms with van der Waals surface area (Å²) < 4.78 is 5.16. The van der Waals surface area contributed by atoms with E-state index in [0.29, 0.717) is 11.9 Å². The predicted molar refractivity (Wildman–Crippen MR) is 68.4 cm³/mol. The van der Waals surface area contributed by atoms with Crippen LogP contribution in [0.15, 0.2) is 6.07 Å². The second kappa shape index (κ2) is 5.84. The Kier molecular flexibility index (Phi) is 4.18. The number of ether oxygens (including phenoxy) is 1. The van der Waals surface area contributed by atoms with Gasteiger partial charge in [0.05, 0.1) is 7.11 Å². The molecule has 0 spiro atoms. The van der Waals surface area contributed by atoms with Crippen LogP contribution in [0.2, 0.25) is 0 Å². The topological polar surface area (TPSA) is 47.0 Å². The van der Waals surface area contributed by atoms with Gasteiger partial charge in [-0.25, -0.2) is 4.98 Å². The van der Waals surface area contributed by atoms with E-state index < -0.39 is 0 Å². The van der Waals surface area contributed by atoms with Crippen molar-refractivity contribution in [1.82, 2.24) is 9.97 Å². The number of rotatable bonds is 3. The highest BCUT2D eigenvalue weighted by Crippen LogP contribution is 2.21. The van der Waals surface area contributed by atoms with Crippen molar-refractivity contribution in [2.24, 2.45) is 0 Å². The minimum atomic E-state index is 0.552. The molecule has 0 atom stereocenters. The number of aryl methyl sites for hydroxylation is 1. The van der Waals surface area contributed by atoms with Gasteiger partial charge in [-0.05, 0) is 19.8 Å². The fraction of sp³-hybridized carbons (Fsp3) is 0.692. The molecule has 0 aliphatic heterocycles. The van der Waals surface area contributed by atoms with E-state index in [4.69, 9.17) is 4.74 Å². The number of methoxy groups -OCH3 is 1. The van der Waals surface area contributed by atoms with Crippen LogP contribution in [0.25, 0.3) is 0 Å². The van der Waals surface area contributed by atoms with Gasteiger partial charge in [0.2, 0.25) is 5.88 Å². The van der Waals surface area contributed by atoms with Gasteiger partial charge in [0.25, 0.3) is 0 Å². The molecule has 0 unspecified atom stereocenters. The van der Waals surface area contributed by atoms with Crippen LogP contribution in [0.5, 0.6) is 5.88 Å². The van der Waals surface area contributed by atoms with Crippen molar-refractivity contribution < 1.29 is 4.74 Å². The molecule has 1 N–H and O–H groups in total. The van der Waals surface area contributed by atoms with Crippen molar-refractivity contribution >= 4 is 5.82 Å². The average Bonchev–Trinajstić information content (AvgIpc) is 2.57. The van der Waals surface area contributed by atoms with Crippen LogP contribution in [0.3, 0.4) is 0 Å². The third-order valence-electron chi connectivity index (χ3n) is 3.23. The summed E-state index contributed by atoms with van der Waals surface area (Å²) in [5.74, 6) is 2.27. The zero-order valence-corrected chi connectivity index (χ0v) is 10.7. The molecule has 1 fully saturated rings. The highest BCUT2D eigenvalue weighted by molar-refractivity contribution is 5.39. The fourth-order valence-corrected chi connectivity index (χ4v) is 2.35. The van der Waals surface area contributed by atoms with Gasteiger partial charge < -0.3 is 10.1 Å². The molecule has 0 saturated heterocycles. The maximum Gasteiger partial charge on any atom is 0.218 e. The molecular formula is C13H21N3O. The zero-order chi connectivity index (χ0) is 12.1. The van der Waals surface area contributed by atoms with Gasteiger partial charge in [-0.1, -0.05) is 25.7 Å². The Hall–Kier alpha value is -1.32. The van der Waals surface area contributed by atoms with Gasteiger partial charge in [0, 0.05) is 12.1 Å². The van der Waals surface area contributed by atoms with E-state index in [1.54, 1.807) is 7.11 Å². The second-order valence-corrected chi connectivity index (χ2v) is 4.68. The first-order valence-corrected chi connectivity index (χ1v) is 6.44. The summed E-state index contributed by atoms with van der Waals surface area (Å²) in [6, 6.07) is 2.43. The molecule has 1 saturated carbocycles. The predicted octanol–water partition coefficient (Wildman–Crippen LogP) is 2.93. The number of aromatic nitrogens is 2. The largest absolute Gasteiger partial charge is 0.481 e. The Balaban J connectivity index is 2.03. The van der Waals surface area contributed by atoms with Gasteiger partial charge in [0.15, 0.2) is 0 Å². The fourth-order valence-electron chi connectivity index (χ4n) is 2.35. The van der Waals surface area contributed by atoms with E-state index in [-0.39, 0.29) is 0 Å². The smallest absolute Gasteiger partial charge is 0.218 e. The maximum absolute atomic E-state index is 5.16. The van der Waals surface area contributed by atoms with Crippen molar-refractivity contribution in [2.75, 3.05) is 12.4 Å². The Labute approximate surface area is 103 Å². The Bertz CT molecular complexity index is 360. The van der Waals surface area contributed by atoms with Crippen molar-refractivity contribution in [3.05, 3.63) is 11.9 Å². The summed E-state index contributed by atoms with van der Waals surface area (Å²) in [5, 5.41) is 3.51. The minimum absolute atomic E-state index is 0.552. The number of nitrogens with zero attached hydrogens (tertiary/aromatic N) is 2. The summed E-state index contributed by atoms with van der Waals surface area (Å²) in [5.41, 5.74) is 0. The van der Waals surface area contributed by atoms with Crippen LogP contribution in [0.1, 0.15) is 44.3 Å². The second-order valence-electron chi connectivity index (χ2n) is 4.68. The third-order valence-corrected chi connectivity index (χ3v) is 3.23. The number of hydrogen-bond donors (Lipinski definition) is 1. The quantitative estimate of drug-likeness (QED) is 0.818. The summed E-state index contributed by atoms with van der Waals surface area (Å²) >= 11 is 0. The zero-order valence-electron chi connectivity index (χ0n) is 10.7. The van der Waals surface area contributed by atoms with Crippen LogP contribution in [-0.4, -0.2) is 23.1 Å². The van der Waals surface area contributed by atoms with Crippen molar-refractivity contribution in [1.29, 1.82) is 0 Å². The summed E-state index contributed by atoms with van der Waals surface area (Å²) in [6.07, 6.45) is 7.85. The van der Waals surface area contributed by atoms with Crippen molar-refractivity contribution in [3.8, 4) is 5.88 Å². The van der Waals surface area contributed by atoms with Crippen LogP contribution in [0.4, 0.5) is 5.82 Å². The molecule has 1 aliphatic rings. The summed E-state index contributed by atoms with van der Waals surface area (Å²) in [6.45, 7) is 1.89. The molecule has 94 valence electrons. The molecule has 0 radical (unpaired) electrons. The first kappa shape index (κ1) is 12.1. The minimum Gasteiger partial charge on any atom is -0.481 e. The third kappa shape index (κ3) is 3.58. The molecule has 0 bridgehead atoms. The lowest BCUT2D eigenvalue weighted by atomic mass is 10.1. The van der Waals surface area contributed by atoms with E-state index in [1.807, 2.05) is 13.0 Å². The normalized spacial score (nSPS) is 17.5. The molecular weight excluding hydrogens is 214 g/mol. The Morgan fingerprint density at radius 2 is 1.88 bits per heavy atom. The number of nitrogens with one attached hydrogen (secondary N) is 1. The van der Waals surface area contributed by atoms with Crippen molar-refractivity contribution in [2.45, 2.75) is 51.5 Å². The molecule has 2 rings (SSSR count). The average molecular weight is 235 g/mol. The Morgan fingerprint density at radius 1 is 1.18 bits per heavy atom. The molecule has 1 aromatic rings. The van der Waals surface area contributed by atoms with Crippen LogP contribution in [-0.2, 0) is 0 Å². The number of hydrogen-bond acceptors (Lipinski definition) is 4. The first-order chi connectivity index (χ1) is 8.28. The van der Waals surface area contributed by atoms with Gasteiger partial charge in [0.1, 0.15) is 11.6 Å². The maximum atomic E-state index is 5.16. The monoisotopic (exact) mass is 235 g/mol. The van der Waals surface area contributed by atoms with E-state index in [1.165, 1.54) is 38.5 Å². The highest BCUT2D eigenvalue weighted by atomic mass is 16.5. The van der Waals surface area contributed by atoms with Crippen LogP contribution < -0.4 is 10.1 Å². The Morgan fingerprint density at radius 3 is 2.53 bits per heavy atom. The number of anilines is 1. The van der Waals surface area contributed by atoms with Gasteiger partial charge in [-0.3, -0.25) is 0 Å². The van der Waals surface area contributed by atoms with Crippen LogP contribution >= 0.6 is 0 Å². The van der Waals surface area contributed by atoms with E-state index in [2.05, 4.69) is 15.3 Å².